The molecule has 0 spiro atoms. The number of nitrogens with two attached hydrogens (primary N) is 1. The first kappa shape index (κ1) is 11.5. The van der Waals surface area contributed by atoms with Crippen molar-refractivity contribution < 1.29 is 9.47 Å². The number of fused-ring (bicyclic) bond motifs is 1. The molecule has 0 bridgehead atoms. The maximum absolute atomic E-state index is 5.61. The van der Waals surface area contributed by atoms with Crippen LogP contribution in [0.2, 0.25) is 0 Å². The largest absolute Gasteiger partial charge is 0.474 e. The van der Waals surface area contributed by atoms with E-state index in [0.717, 1.165) is 5.69 Å². The smallest absolute Gasteiger partial charge is 0.245 e. The Kier molecular flexibility index (Phi) is 3.34. The summed E-state index contributed by atoms with van der Waals surface area (Å²) in [5.41, 5.74) is 7.78. The number of methoxy groups -OCH3 is 1. The Labute approximate surface area is 98.8 Å². The number of anilines is 1. The van der Waals surface area contributed by atoms with Crippen LogP contribution in [0.3, 0.4) is 0 Å². The molecule has 0 saturated heterocycles. The lowest BCUT2D eigenvalue weighted by molar-refractivity contribution is 0.144. The average molecular weight is 234 g/mol. The van der Waals surface area contributed by atoms with Crippen molar-refractivity contribution in [3.63, 3.8) is 0 Å². The summed E-state index contributed by atoms with van der Waals surface area (Å²) in [5, 5.41) is 0. The fourth-order valence-corrected chi connectivity index (χ4v) is 1.42. The van der Waals surface area contributed by atoms with Crippen molar-refractivity contribution in [2.24, 2.45) is 0 Å². The van der Waals surface area contributed by atoms with Crippen LogP contribution in [-0.4, -0.2) is 35.3 Å². The van der Waals surface area contributed by atoms with Crippen molar-refractivity contribution >= 4 is 17.0 Å². The van der Waals surface area contributed by atoms with E-state index in [0.29, 0.717) is 30.1 Å². The standard InChI is InChI=1S/C11H14N4O2/c1-7-3-4-8-9(13-7)10(15-11(12)14-8)17-6-5-16-2/h3-4H,5-6H2,1-2H3,(H2,12,14,15). The number of rotatable bonds is 4. The Morgan fingerprint density at radius 3 is 2.76 bits per heavy atom. The molecular weight excluding hydrogens is 220 g/mol. The van der Waals surface area contributed by atoms with Crippen LogP contribution >= 0.6 is 0 Å². The number of ether oxygens (including phenoxy) is 2. The van der Waals surface area contributed by atoms with Crippen LogP contribution < -0.4 is 10.5 Å². The molecule has 0 radical (unpaired) electrons. The molecular formula is C11H14N4O2. The zero-order chi connectivity index (χ0) is 12.3. The van der Waals surface area contributed by atoms with Gasteiger partial charge in [-0.05, 0) is 19.1 Å². The molecule has 2 heterocycles. The molecule has 0 amide bonds. The Hall–Kier alpha value is -1.95. The minimum atomic E-state index is 0.176. The Balaban J connectivity index is 2.40. The van der Waals surface area contributed by atoms with Crippen molar-refractivity contribution in [2.45, 2.75) is 6.92 Å². The van der Waals surface area contributed by atoms with Gasteiger partial charge in [-0.2, -0.15) is 4.98 Å². The van der Waals surface area contributed by atoms with Crippen LogP contribution in [0.4, 0.5) is 5.95 Å². The summed E-state index contributed by atoms with van der Waals surface area (Å²) in [7, 11) is 1.61. The zero-order valence-corrected chi connectivity index (χ0v) is 9.80. The summed E-state index contributed by atoms with van der Waals surface area (Å²) < 4.78 is 10.4. The Bertz CT molecular complexity index is 530. The predicted molar refractivity (Wildman–Crippen MR) is 63.9 cm³/mol. The van der Waals surface area contributed by atoms with Crippen LogP contribution in [0, 0.1) is 6.92 Å². The normalized spacial score (nSPS) is 10.7. The van der Waals surface area contributed by atoms with Crippen LogP contribution in [0.1, 0.15) is 5.69 Å². The first-order valence-corrected chi connectivity index (χ1v) is 5.23. The monoisotopic (exact) mass is 234 g/mol. The molecule has 6 heteroatoms. The van der Waals surface area contributed by atoms with Crippen molar-refractivity contribution in [3.8, 4) is 5.88 Å². The van der Waals surface area contributed by atoms with Gasteiger partial charge >= 0.3 is 0 Å². The predicted octanol–water partition coefficient (Wildman–Crippen LogP) is 0.941. The van der Waals surface area contributed by atoms with E-state index in [-0.39, 0.29) is 5.95 Å². The van der Waals surface area contributed by atoms with Crippen molar-refractivity contribution in [1.29, 1.82) is 0 Å². The maximum Gasteiger partial charge on any atom is 0.245 e. The van der Waals surface area contributed by atoms with E-state index in [4.69, 9.17) is 15.2 Å². The van der Waals surface area contributed by atoms with E-state index in [1.54, 1.807) is 7.11 Å². The summed E-state index contributed by atoms with van der Waals surface area (Å²) in [6, 6.07) is 3.71. The van der Waals surface area contributed by atoms with Gasteiger partial charge in [0.15, 0.2) is 5.52 Å². The Morgan fingerprint density at radius 1 is 1.18 bits per heavy atom. The van der Waals surface area contributed by atoms with Gasteiger partial charge in [0, 0.05) is 12.8 Å². The molecule has 0 atom stereocenters. The lowest BCUT2D eigenvalue weighted by Crippen LogP contribution is -2.08. The Morgan fingerprint density at radius 2 is 2.00 bits per heavy atom. The van der Waals surface area contributed by atoms with E-state index >= 15 is 0 Å². The van der Waals surface area contributed by atoms with Gasteiger partial charge in [-0.1, -0.05) is 0 Å². The highest BCUT2D eigenvalue weighted by atomic mass is 16.5. The third kappa shape index (κ3) is 2.59. The number of hydrogen-bond donors (Lipinski definition) is 1. The summed E-state index contributed by atoms with van der Waals surface area (Å²) in [6.45, 7) is 2.78. The highest BCUT2D eigenvalue weighted by Gasteiger charge is 2.09. The second kappa shape index (κ2) is 4.92. The minimum Gasteiger partial charge on any atom is -0.474 e. The summed E-state index contributed by atoms with van der Waals surface area (Å²) in [6.07, 6.45) is 0. The van der Waals surface area contributed by atoms with Gasteiger partial charge in [0.25, 0.3) is 0 Å². The number of hydrogen-bond acceptors (Lipinski definition) is 6. The van der Waals surface area contributed by atoms with Crippen LogP contribution in [-0.2, 0) is 4.74 Å². The van der Waals surface area contributed by atoms with Gasteiger partial charge in [0.1, 0.15) is 6.61 Å². The lowest BCUT2D eigenvalue weighted by Gasteiger charge is -2.08. The summed E-state index contributed by atoms with van der Waals surface area (Å²) >= 11 is 0. The SMILES string of the molecule is COCCOc1nc(N)nc2ccc(C)nc12. The van der Waals surface area contributed by atoms with E-state index in [1.807, 2.05) is 19.1 Å². The van der Waals surface area contributed by atoms with Gasteiger partial charge < -0.3 is 15.2 Å². The summed E-state index contributed by atoms with van der Waals surface area (Å²) in [5.74, 6) is 0.573. The van der Waals surface area contributed by atoms with Gasteiger partial charge in [0.2, 0.25) is 11.8 Å². The van der Waals surface area contributed by atoms with Crippen LogP contribution in [0.15, 0.2) is 12.1 Å². The molecule has 90 valence electrons. The van der Waals surface area contributed by atoms with Crippen molar-refractivity contribution in [1.82, 2.24) is 15.0 Å². The number of aromatic nitrogens is 3. The molecule has 0 aliphatic rings. The average Bonchev–Trinajstić information content (AvgIpc) is 2.30. The third-order valence-electron chi connectivity index (χ3n) is 2.19. The molecule has 2 N–H and O–H groups in total. The second-order valence-electron chi connectivity index (χ2n) is 3.55. The van der Waals surface area contributed by atoms with Crippen LogP contribution in [0.5, 0.6) is 5.88 Å². The molecule has 0 aliphatic heterocycles. The molecule has 2 aromatic heterocycles. The van der Waals surface area contributed by atoms with Gasteiger partial charge in [0.05, 0.1) is 12.1 Å². The molecule has 6 nitrogen and oxygen atoms in total. The highest BCUT2D eigenvalue weighted by Crippen LogP contribution is 2.21. The molecule has 0 fully saturated rings. The van der Waals surface area contributed by atoms with Crippen molar-refractivity contribution in [3.05, 3.63) is 17.8 Å². The number of nitrogens with zero attached hydrogens (tertiary/aromatic N) is 3. The number of aryl methyl sites for hydroxylation is 1. The molecule has 2 rings (SSSR count). The molecule has 17 heavy (non-hydrogen) atoms. The maximum atomic E-state index is 5.61. The van der Waals surface area contributed by atoms with Gasteiger partial charge in [-0.3, -0.25) is 0 Å². The quantitative estimate of drug-likeness (QED) is 0.793. The van der Waals surface area contributed by atoms with Gasteiger partial charge in [-0.25, -0.2) is 9.97 Å². The van der Waals surface area contributed by atoms with E-state index < -0.39 is 0 Å². The second-order valence-corrected chi connectivity index (χ2v) is 3.55. The highest BCUT2D eigenvalue weighted by molar-refractivity contribution is 5.80. The first-order chi connectivity index (χ1) is 8.20. The first-order valence-electron chi connectivity index (χ1n) is 5.23. The van der Waals surface area contributed by atoms with E-state index in [1.165, 1.54) is 0 Å². The minimum absolute atomic E-state index is 0.176. The fraction of sp³-hybridized carbons (Fsp3) is 0.364. The lowest BCUT2D eigenvalue weighted by atomic mass is 10.3. The molecule has 0 unspecified atom stereocenters. The topological polar surface area (TPSA) is 83.2 Å². The molecule has 0 aliphatic carbocycles. The fourth-order valence-electron chi connectivity index (χ4n) is 1.42. The zero-order valence-electron chi connectivity index (χ0n) is 9.80. The van der Waals surface area contributed by atoms with E-state index in [2.05, 4.69) is 15.0 Å². The van der Waals surface area contributed by atoms with Gasteiger partial charge in [-0.15, -0.1) is 0 Å². The third-order valence-corrected chi connectivity index (χ3v) is 2.19. The molecule has 0 saturated carbocycles. The molecule has 0 aromatic carbocycles. The molecule has 2 aromatic rings. The van der Waals surface area contributed by atoms with E-state index in [9.17, 15) is 0 Å². The number of pyridine rings is 1. The number of nitrogen functional groups attached to an aromatic ring is 1. The summed E-state index contributed by atoms with van der Waals surface area (Å²) in [4.78, 5) is 12.5. The van der Waals surface area contributed by atoms with Crippen LogP contribution in [0.25, 0.3) is 11.0 Å². The van der Waals surface area contributed by atoms with Crippen molar-refractivity contribution in [2.75, 3.05) is 26.1 Å².